The van der Waals surface area contributed by atoms with Gasteiger partial charge in [0.15, 0.2) is 12.4 Å². The molecule has 0 unspecified atom stereocenters. The molecule has 2 amide bonds. The van der Waals surface area contributed by atoms with Gasteiger partial charge < -0.3 is 19.4 Å². The quantitative estimate of drug-likeness (QED) is 0.790. The van der Waals surface area contributed by atoms with E-state index in [9.17, 15) is 22.8 Å². The van der Waals surface area contributed by atoms with Crippen LogP contribution >= 0.6 is 0 Å². The van der Waals surface area contributed by atoms with E-state index >= 15 is 0 Å². The average Bonchev–Trinajstić information content (AvgIpc) is 3.25. The zero-order valence-electron chi connectivity index (χ0n) is 15.4. The lowest BCUT2D eigenvalue weighted by Crippen LogP contribution is -2.42. The van der Waals surface area contributed by atoms with Gasteiger partial charge in [0.25, 0.3) is 5.91 Å². The highest BCUT2D eigenvalue weighted by molar-refractivity contribution is 5.91. The molecule has 3 rings (SSSR count). The first-order valence-electron chi connectivity index (χ1n) is 9.07. The summed E-state index contributed by atoms with van der Waals surface area (Å²) in [6, 6.07) is 6.33. The first-order valence-corrected chi connectivity index (χ1v) is 9.07. The Hall–Kier alpha value is -3.04. The number of carbonyl (C=O) groups excluding carboxylic acids is 2. The second-order valence-electron chi connectivity index (χ2n) is 6.63. The average molecular weight is 411 g/mol. The predicted molar refractivity (Wildman–Crippen MR) is 95.0 cm³/mol. The second-order valence-corrected chi connectivity index (χ2v) is 6.63. The molecule has 0 aliphatic carbocycles. The summed E-state index contributed by atoms with van der Waals surface area (Å²) in [5, 5.41) is 2.72. The van der Waals surface area contributed by atoms with Gasteiger partial charge >= 0.3 is 6.18 Å². The zero-order valence-corrected chi connectivity index (χ0v) is 15.4. The minimum atomic E-state index is -4.47. The van der Waals surface area contributed by atoms with Crippen molar-refractivity contribution in [2.45, 2.75) is 25.6 Å². The third-order valence-corrected chi connectivity index (χ3v) is 4.56. The molecule has 29 heavy (non-hydrogen) atoms. The van der Waals surface area contributed by atoms with E-state index < -0.39 is 12.8 Å². The molecule has 1 saturated heterocycles. The highest BCUT2D eigenvalue weighted by atomic mass is 19.4. The smallest absolute Gasteiger partial charge is 0.422 e. The second kappa shape index (κ2) is 8.97. The Morgan fingerprint density at radius 2 is 2.00 bits per heavy atom. The van der Waals surface area contributed by atoms with E-state index in [2.05, 4.69) is 10.3 Å². The van der Waals surface area contributed by atoms with Crippen molar-refractivity contribution in [2.24, 2.45) is 5.92 Å². The molecule has 3 heterocycles. The van der Waals surface area contributed by atoms with Crippen molar-refractivity contribution in [1.82, 2.24) is 15.2 Å². The van der Waals surface area contributed by atoms with Crippen molar-refractivity contribution >= 4 is 11.8 Å². The summed E-state index contributed by atoms with van der Waals surface area (Å²) in [5.74, 6) is -0.622. The summed E-state index contributed by atoms with van der Waals surface area (Å²) < 4.78 is 46.9. The van der Waals surface area contributed by atoms with E-state index in [-0.39, 0.29) is 35.9 Å². The summed E-state index contributed by atoms with van der Waals surface area (Å²) >= 11 is 0. The summed E-state index contributed by atoms with van der Waals surface area (Å²) in [4.78, 5) is 30.1. The molecular formula is C19H20F3N3O4. The van der Waals surface area contributed by atoms with Crippen LogP contribution in [0.3, 0.4) is 0 Å². The lowest BCUT2D eigenvalue weighted by atomic mass is 9.95. The molecule has 7 nitrogen and oxygen atoms in total. The van der Waals surface area contributed by atoms with Crippen LogP contribution in [0.2, 0.25) is 0 Å². The molecule has 1 fully saturated rings. The van der Waals surface area contributed by atoms with Crippen molar-refractivity contribution in [3.63, 3.8) is 0 Å². The topological polar surface area (TPSA) is 84.7 Å². The predicted octanol–water partition coefficient (Wildman–Crippen LogP) is 2.78. The molecule has 0 saturated carbocycles. The molecular weight excluding hydrogens is 391 g/mol. The van der Waals surface area contributed by atoms with E-state index in [1.165, 1.54) is 12.5 Å². The number of nitrogens with zero attached hydrogens (tertiary/aromatic N) is 2. The maximum Gasteiger partial charge on any atom is 0.422 e. The van der Waals surface area contributed by atoms with Crippen LogP contribution in [-0.4, -0.2) is 47.6 Å². The number of hydrogen-bond donors (Lipinski definition) is 1. The van der Waals surface area contributed by atoms with Gasteiger partial charge in [-0.3, -0.25) is 9.59 Å². The Bertz CT molecular complexity index is 831. The highest BCUT2D eigenvalue weighted by Gasteiger charge is 2.30. The molecule has 10 heteroatoms. The number of furan rings is 1. The van der Waals surface area contributed by atoms with Crippen LogP contribution in [-0.2, 0) is 11.3 Å². The van der Waals surface area contributed by atoms with Crippen molar-refractivity contribution < 1.29 is 31.9 Å². The van der Waals surface area contributed by atoms with Gasteiger partial charge in [-0.15, -0.1) is 0 Å². The molecule has 2 aromatic heterocycles. The highest BCUT2D eigenvalue weighted by Crippen LogP contribution is 2.22. The molecule has 156 valence electrons. The molecule has 1 N–H and O–H groups in total. The molecule has 0 radical (unpaired) electrons. The number of likely N-dealkylation sites (tertiary alicyclic amines) is 1. The zero-order chi connectivity index (χ0) is 20.9. The van der Waals surface area contributed by atoms with Gasteiger partial charge in [-0.2, -0.15) is 13.2 Å². The maximum atomic E-state index is 12.4. The minimum Gasteiger partial charge on any atom is -0.468 e. The number of rotatable bonds is 6. The number of pyridine rings is 1. The van der Waals surface area contributed by atoms with Gasteiger partial charge in [-0.25, -0.2) is 4.98 Å². The summed E-state index contributed by atoms with van der Waals surface area (Å²) in [6.07, 6.45) is -0.744. The van der Waals surface area contributed by atoms with Crippen molar-refractivity contribution in [3.05, 3.63) is 48.0 Å². The number of alkyl halides is 3. The van der Waals surface area contributed by atoms with Crippen LogP contribution in [0.5, 0.6) is 5.88 Å². The standard InChI is InChI=1S/C19H20F3N3O4/c20-19(21,22)12-29-17-14(3-1-7-23-17)11-24-16(26)13-5-8-25(9-6-13)18(27)15-4-2-10-28-15/h1-4,7,10,13H,5-6,8-9,11-12H2,(H,24,26). The number of amides is 2. The monoisotopic (exact) mass is 411 g/mol. The number of nitrogens with one attached hydrogen (secondary N) is 1. The fourth-order valence-corrected chi connectivity index (χ4v) is 3.07. The van der Waals surface area contributed by atoms with Crippen LogP contribution in [0.25, 0.3) is 0 Å². The molecule has 1 aliphatic rings. The summed E-state index contributed by atoms with van der Waals surface area (Å²) in [5.41, 5.74) is 0.357. The fraction of sp³-hybridized carbons (Fsp3) is 0.421. The van der Waals surface area contributed by atoms with Crippen LogP contribution in [0, 0.1) is 5.92 Å². The van der Waals surface area contributed by atoms with Gasteiger partial charge in [0, 0.05) is 37.3 Å². The molecule has 2 aromatic rings. The fourth-order valence-electron chi connectivity index (χ4n) is 3.07. The van der Waals surface area contributed by atoms with Crippen molar-refractivity contribution in [3.8, 4) is 5.88 Å². The Labute approximate surface area is 164 Å². The molecule has 0 spiro atoms. The summed E-state index contributed by atoms with van der Waals surface area (Å²) in [6.45, 7) is -0.604. The van der Waals surface area contributed by atoms with Crippen LogP contribution < -0.4 is 10.1 Å². The first kappa shape index (κ1) is 20.7. The van der Waals surface area contributed by atoms with Gasteiger partial charge in [0.2, 0.25) is 11.8 Å². The van der Waals surface area contributed by atoms with Crippen LogP contribution in [0.15, 0.2) is 41.1 Å². The van der Waals surface area contributed by atoms with E-state index in [0.717, 1.165) is 0 Å². The van der Waals surface area contributed by atoms with E-state index in [1.54, 1.807) is 29.2 Å². The lowest BCUT2D eigenvalue weighted by Gasteiger charge is -2.30. The number of piperidine rings is 1. The van der Waals surface area contributed by atoms with Gasteiger partial charge in [0.05, 0.1) is 6.26 Å². The van der Waals surface area contributed by atoms with Gasteiger partial charge in [-0.05, 0) is 31.0 Å². The van der Waals surface area contributed by atoms with E-state index in [4.69, 9.17) is 9.15 Å². The Balaban J connectivity index is 1.49. The Kier molecular flexibility index (Phi) is 6.40. The normalized spacial score (nSPS) is 15.2. The minimum absolute atomic E-state index is 0.00536. The third kappa shape index (κ3) is 5.72. The van der Waals surface area contributed by atoms with Gasteiger partial charge in [0.1, 0.15) is 0 Å². The summed E-state index contributed by atoms with van der Waals surface area (Å²) in [7, 11) is 0. The first-order chi connectivity index (χ1) is 13.8. The number of carbonyl (C=O) groups is 2. The maximum absolute atomic E-state index is 12.4. The number of aromatic nitrogens is 1. The van der Waals surface area contributed by atoms with E-state index in [1.807, 2.05) is 0 Å². The number of ether oxygens (including phenoxy) is 1. The number of halogens is 3. The SMILES string of the molecule is O=C(NCc1cccnc1OCC(F)(F)F)C1CCN(C(=O)c2ccco2)CC1. The Morgan fingerprint density at radius 1 is 1.24 bits per heavy atom. The molecule has 0 bridgehead atoms. The lowest BCUT2D eigenvalue weighted by molar-refractivity contribution is -0.154. The van der Waals surface area contributed by atoms with Crippen LogP contribution in [0.4, 0.5) is 13.2 Å². The molecule has 0 atom stereocenters. The number of hydrogen-bond acceptors (Lipinski definition) is 5. The molecule has 1 aliphatic heterocycles. The largest absolute Gasteiger partial charge is 0.468 e. The van der Waals surface area contributed by atoms with Gasteiger partial charge in [-0.1, -0.05) is 6.07 Å². The van der Waals surface area contributed by atoms with Crippen molar-refractivity contribution in [2.75, 3.05) is 19.7 Å². The van der Waals surface area contributed by atoms with E-state index in [0.29, 0.717) is 31.5 Å². The van der Waals surface area contributed by atoms with Crippen LogP contribution in [0.1, 0.15) is 29.0 Å². The third-order valence-electron chi connectivity index (χ3n) is 4.56. The van der Waals surface area contributed by atoms with Crippen molar-refractivity contribution in [1.29, 1.82) is 0 Å². The Morgan fingerprint density at radius 3 is 2.66 bits per heavy atom. The molecule has 0 aromatic carbocycles.